The van der Waals surface area contributed by atoms with Crippen molar-refractivity contribution < 1.29 is 0 Å². The molecule has 2 nitrogen and oxygen atoms in total. The Morgan fingerprint density at radius 3 is 2.16 bits per heavy atom. The first-order valence-electron chi connectivity index (χ1n) is 7.26. The molecule has 1 aromatic rings. The lowest BCUT2D eigenvalue weighted by Crippen LogP contribution is -2.55. The summed E-state index contributed by atoms with van der Waals surface area (Å²) in [6.45, 7) is 11.3. The third-order valence-corrected chi connectivity index (χ3v) is 6.29. The average molecular weight is 347 g/mol. The number of nitrogens with one attached hydrogen (secondary N) is 1. The molecule has 1 heterocycles. The van der Waals surface area contributed by atoms with Crippen molar-refractivity contribution in [2.24, 2.45) is 0 Å². The van der Waals surface area contributed by atoms with Gasteiger partial charge in [-0.2, -0.15) is 0 Å². The van der Waals surface area contributed by atoms with Crippen molar-refractivity contribution in [3.63, 3.8) is 0 Å². The molecule has 1 atom stereocenters. The van der Waals surface area contributed by atoms with Gasteiger partial charge in [-0.15, -0.1) is 11.3 Å². The molecule has 0 amide bonds. The first kappa shape index (κ1) is 17.2. The summed E-state index contributed by atoms with van der Waals surface area (Å²) in [5.41, 5.74) is 0.186. The minimum Gasteiger partial charge on any atom is -0.311 e. The van der Waals surface area contributed by atoms with Crippen LogP contribution in [0.2, 0.25) is 0 Å². The maximum Gasteiger partial charge on any atom is 0.0610 e. The second kappa shape index (κ2) is 7.77. The van der Waals surface area contributed by atoms with Crippen LogP contribution in [0.5, 0.6) is 0 Å². The largest absolute Gasteiger partial charge is 0.311 e. The third-order valence-electron chi connectivity index (χ3n) is 4.35. The number of hydrogen-bond donors (Lipinski definition) is 1. The van der Waals surface area contributed by atoms with E-state index in [1.165, 1.54) is 9.35 Å². The fraction of sp³-hybridized carbons (Fsp3) is 0.733. The van der Waals surface area contributed by atoms with Crippen LogP contribution in [0.1, 0.15) is 51.5 Å². The summed E-state index contributed by atoms with van der Waals surface area (Å²) in [5, 5.41) is 5.74. The van der Waals surface area contributed by atoms with Gasteiger partial charge in [0.1, 0.15) is 0 Å². The minimum atomic E-state index is 0.186. The summed E-state index contributed by atoms with van der Waals surface area (Å²) in [6.07, 6.45) is 2.31. The zero-order chi connectivity index (χ0) is 14.5. The first-order valence-corrected chi connectivity index (χ1v) is 8.93. The molecule has 0 radical (unpaired) electrons. The molecule has 1 unspecified atom stereocenters. The zero-order valence-electron chi connectivity index (χ0n) is 12.8. The Balaban J connectivity index is 3.25. The Morgan fingerprint density at radius 2 is 1.84 bits per heavy atom. The molecule has 110 valence electrons. The predicted octanol–water partition coefficient (Wildman–Crippen LogP) is 4.67. The molecule has 0 aliphatic carbocycles. The number of halogens is 1. The van der Waals surface area contributed by atoms with E-state index >= 15 is 0 Å². The number of rotatable bonds is 8. The van der Waals surface area contributed by atoms with Crippen LogP contribution in [0.3, 0.4) is 0 Å². The molecule has 1 aromatic heterocycles. The maximum absolute atomic E-state index is 3.70. The van der Waals surface area contributed by atoms with Gasteiger partial charge in [0.2, 0.25) is 0 Å². The standard InChI is InChI=1S/C15H27BrN2S/c1-6-15(7-2,18(8-3)9-4)14(17-5)13-12(16)10-11-19-13/h10-11,14,17H,6-9H2,1-5H3. The molecule has 0 spiro atoms. The average Bonchev–Trinajstić information content (AvgIpc) is 2.85. The van der Waals surface area contributed by atoms with E-state index in [1.807, 2.05) is 11.3 Å². The monoisotopic (exact) mass is 346 g/mol. The molecule has 0 fully saturated rings. The van der Waals surface area contributed by atoms with Crippen LogP contribution in [-0.2, 0) is 0 Å². The molecule has 1 rings (SSSR count). The van der Waals surface area contributed by atoms with Gasteiger partial charge in [0, 0.05) is 14.9 Å². The van der Waals surface area contributed by atoms with Crippen LogP contribution >= 0.6 is 27.3 Å². The van der Waals surface area contributed by atoms with Crippen molar-refractivity contribution in [2.75, 3.05) is 20.1 Å². The van der Waals surface area contributed by atoms with Crippen molar-refractivity contribution in [2.45, 2.75) is 52.1 Å². The molecule has 0 aliphatic rings. The second-order valence-electron chi connectivity index (χ2n) is 4.84. The lowest BCUT2D eigenvalue weighted by atomic mass is 9.81. The molecule has 0 aromatic carbocycles. The fourth-order valence-corrected chi connectivity index (χ4v) is 5.12. The quantitative estimate of drug-likeness (QED) is 0.735. The molecule has 0 saturated carbocycles. The Morgan fingerprint density at radius 1 is 1.26 bits per heavy atom. The highest BCUT2D eigenvalue weighted by molar-refractivity contribution is 9.10. The van der Waals surface area contributed by atoms with Crippen molar-refractivity contribution in [1.82, 2.24) is 10.2 Å². The summed E-state index contributed by atoms with van der Waals surface area (Å²) < 4.78 is 1.23. The van der Waals surface area contributed by atoms with Gasteiger partial charge in [0.05, 0.1) is 6.04 Å². The van der Waals surface area contributed by atoms with E-state index in [4.69, 9.17) is 0 Å². The highest BCUT2D eigenvalue weighted by Gasteiger charge is 2.41. The van der Waals surface area contributed by atoms with Gasteiger partial charge in [-0.05, 0) is 60.4 Å². The predicted molar refractivity (Wildman–Crippen MR) is 90.1 cm³/mol. The van der Waals surface area contributed by atoms with E-state index < -0.39 is 0 Å². The highest BCUT2D eigenvalue weighted by atomic mass is 79.9. The molecule has 0 aliphatic heterocycles. The normalized spacial score (nSPS) is 14.1. The van der Waals surface area contributed by atoms with Crippen molar-refractivity contribution in [3.8, 4) is 0 Å². The van der Waals surface area contributed by atoms with Crippen molar-refractivity contribution in [3.05, 3.63) is 20.8 Å². The smallest absolute Gasteiger partial charge is 0.0610 e. The third kappa shape index (κ3) is 3.23. The van der Waals surface area contributed by atoms with Gasteiger partial charge in [0.25, 0.3) is 0 Å². The van der Waals surface area contributed by atoms with Crippen LogP contribution in [0.4, 0.5) is 0 Å². The second-order valence-corrected chi connectivity index (χ2v) is 6.64. The van der Waals surface area contributed by atoms with Gasteiger partial charge in [-0.25, -0.2) is 0 Å². The number of nitrogens with zero attached hydrogens (tertiary/aromatic N) is 1. The van der Waals surface area contributed by atoms with E-state index in [0.29, 0.717) is 6.04 Å². The lowest BCUT2D eigenvalue weighted by molar-refractivity contribution is 0.0525. The van der Waals surface area contributed by atoms with Crippen LogP contribution < -0.4 is 5.32 Å². The number of likely N-dealkylation sites (N-methyl/N-ethyl adjacent to an activating group) is 2. The molecule has 19 heavy (non-hydrogen) atoms. The first-order chi connectivity index (χ1) is 9.11. The Labute approximate surface area is 130 Å². The van der Waals surface area contributed by atoms with Crippen molar-refractivity contribution >= 4 is 27.3 Å². The van der Waals surface area contributed by atoms with E-state index in [2.05, 4.69) is 72.3 Å². The van der Waals surface area contributed by atoms with E-state index in [-0.39, 0.29) is 5.54 Å². The Kier molecular flexibility index (Phi) is 7.01. The van der Waals surface area contributed by atoms with Crippen LogP contribution in [0, 0.1) is 0 Å². The Bertz CT molecular complexity index is 370. The minimum absolute atomic E-state index is 0.186. The van der Waals surface area contributed by atoms with Gasteiger partial charge >= 0.3 is 0 Å². The molecule has 0 saturated heterocycles. The molecular formula is C15H27BrN2S. The summed E-state index contributed by atoms with van der Waals surface area (Å²) in [4.78, 5) is 4.03. The highest BCUT2D eigenvalue weighted by Crippen LogP contribution is 2.41. The lowest BCUT2D eigenvalue weighted by Gasteiger charge is -2.47. The van der Waals surface area contributed by atoms with Crippen LogP contribution in [0.25, 0.3) is 0 Å². The summed E-state index contributed by atoms with van der Waals surface area (Å²) in [5.74, 6) is 0. The summed E-state index contributed by atoms with van der Waals surface area (Å²) in [6, 6.07) is 2.53. The fourth-order valence-electron chi connectivity index (χ4n) is 3.30. The van der Waals surface area contributed by atoms with Gasteiger partial charge < -0.3 is 5.32 Å². The zero-order valence-corrected chi connectivity index (χ0v) is 15.2. The topological polar surface area (TPSA) is 15.3 Å². The molecule has 1 N–H and O–H groups in total. The SMILES string of the molecule is CCN(CC)C(CC)(CC)C(NC)c1sccc1Br. The van der Waals surface area contributed by atoms with Gasteiger partial charge in [0.15, 0.2) is 0 Å². The van der Waals surface area contributed by atoms with Gasteiger partial charge in [-0.1, -0.05) is 27.7 Å². The maximum atomic E-state index is 3.70. The summed E-state index contributed by atoms with van der Waals surface area (Å²) in [7, 11) is 2.08. The van der Waals surface area contributed by atoms with Crippen LogP contribution in [0.15, 0.2) is 15.9 Å². The van der Waals surface area contributed by atoms with E-state index in [9.17, 15) is 0 Å². The number of thiophene rings is 1. The Hall–Kier alpha value is 0.100. The molecule has 0 bridgehead atoms. The van der Waals surface area contributed by atoms with Gasteiger partial charge in [-0.3, -0.25) is 4.90 Å². The number of hydrogen-bond acceptors (Lipinski definition) is 3. The van der Waals surface area contributed by atoms with Crippen molar-refractivity contribution in [1.29, 1.82) is 0 Å². The van der Waals surface area contributed by atoms with Crippen LogP contribution in [-0.4, -0.2) is 30.6 Å². The van der Waals surface area contributed by atoms with E-state index in [1.54, 1.807) is 0 Å². The van der Waals surface area contributed by atoms with E-state index in [0.717, 1.165) is 25.9 Å². The molecular weight excluding hydrogens is 320 g/mol. The summed E-state index contributed by atoms with van der Waals surface area (Å²) >= 11 is 5.55. The molecule has 4 heteroatoms.